The zero-order valence-electron chi connectivity index (χ0n) is 18.0. The molecule has 1 aromatic carbocycles. The van der Waals surface area contributed by atoms with Crippen molar-refractivity contribution >= 4 is 17.7 Å². The number of hydrogen-bond donors (Lipinski definition) is 1. The molecular weight excluding hydrogens is 388 g/mol. The highest BCUT2D eigenvalue weighted by molar-refractivity contribution is 6.07. The first-order chi connectivity index (χ1) is 14.2. The fraction of sp³-hybridized carbons (Fsp3) is 0.476. The maximum absolute atomic E-state index is 12.6. The van der Waals surface area contributed by atoms with Crippen LogP contribution < -0.4 is 14.8 Å². The number of hydrogen-bond acceptors (Lipinski definition) is 7. The van der Waals surface area contributed by atoms with Crippen molar-refractivity contribution in [3.05, 3.63) is 30.0 Å². The van der Waals surface area contributed by atoms with Crippen LogP contribution in [0.1, 0.15) is 20.8 Å². The van der Waals surface area contributed by atoms with Gasteiger partial charge in [-0.15, -0.1) is 0 Å². The average molecular weight is 416 g/mol. The zero-order valence-corrected chi connectivity index (χ0v) is 18.0. The highest BCUT2D eigenvalue weighted by Gasteiger charge is 2.25. The van der Waals surface area contributed by atoms with E-state index in [-0.39, 0.29) is 11.7 Å². The number of nitrogens with one attached hydrogen (secondary N) is 1. The van der Waals surface area contributed by atoms with Crippen molar-refractivity contribution in [2.24, 2.45) is 0 Å². The Morgan fingerprint density at radius 2 is 1.80 bits per heavy atom. The Balaban J connectivity index is 2.02. The second-order valence-electron chi connectivity index (χ2n) is 7.68. The van der Waals surface area contributed by atoms with Crippen molar-refractivity contribution < 1.29 is 23.8 Å². The molecule has 1 N–H and O–H groups in total. The molecule has 2 rings (SSSR count). The molecule has 0 aliphatic carbocycles. The summed E-state index contributed by atoms with van der Waals surface area (Å²) in [6.07, 6.45) is 1.14. The van der Waals surface area contributed by atoms with Crippen LogP contribution in [0.4, 0.5) is 10.5 Å². The Labute approximate surface area is 176 Å². The maximum atomic E-state index is 12.6. The van der Waals surface area contributed by atoms with Crippen LogP contribution in [0.25, 0.3) is 0 Å². The molecule has 9 heteroatoms. The second kappa shape index (κ2) is 9.87. The molecule has 1 saturated heterocycles. The van der Waals surface area contributed by atoms with E-state index in [0.717, 1.165) is 0 Å². The first-order valence-electron chi connectivity index (χ1n) is 9.54. The van der Waals surface area contributed by atoms with Gasteiger partial charge in [-0.25, -0.2) is 4.79 Å². The number of piperazine rings is 1. The molecule has 0 bridgehead atoms. The Bertz CT molecular complexity index is 846. The first-order valence-corrected chi connectivity index (χ1v) is 9.54. The summed E-state index contributed by atoms with van der Waals surface area (Å²) in [6.45, 7) is 7.31. The number of carbonyl (C=O) groups is 2. The Morgan fingerprint density at radius 3 is 2.33 bits per heavy atom. The normalized spacial score (nSPS) is 14.6. The largest absolute Gasteiger partial charge is 0.497 e. The van der Waals surface area contributed by atoms with Gasteiger partial charge in [0.15, 0.2) is 0 Å². The topological polar surface area (TPSA) is 104 Å². The van der Waals surface area contributed by atoms with Gasteiger partial charge in [-0.2, -0.15) is 5.26 Å². The van der Waals surface area contributed by atoms with Gasteiger partial charge >= 0.3 is 6.09 Å². The standard InChI is InChI=1S/C21H28N4O5/c1-21(2,3)30-20(27)25-10-8-24(9-11-25)14-15(13-22)19(26)23-17-12-16(28-4)6-7-18(17)29-5/h6-7,12,14H,8-11H2,1-5H3,(H,23,26)/b15-14-. The third-order valence-electron chi connectivity index (χ3n) is 4.30. The zero-order chi connectivity index (χ0) is 22.3. The molecule has 0 atom stereocenters. The lowest BCUT2D eigenvalue weighted by molar-refractivity contribution is -0.112. The minimum Gasteiger partial charge on any atom is -0.497 e. The minimum atomic E-state index is -0.557. The summed E-state index contributed by atoms with van der Waals surface area (Å²) in [7, 11) is 3.01. The van der Waals surface area contributed by atoms with Crippen molar-refractivity contribution in [1.82, 2.24) is 9.80 Å². The lowest BCUT2D eigenvalue weighted by Gasteiger charge is -2.35. The van der Waals surface area contributed by atoms with Gasteiger partial charge in [-0.3, -0.25) is 4.79 Å². The van der Waals surface area contributed by atoms with Crippen LogP contribution in [-0.2, 0) is 9.53 Å². The van der Waals surface area contributed by atoms with Crippen LogP contribution in [0.3, 0.4) is 0 Å². The van der Waals surface area contributed by atoms with Crippen LogP contribution in [0.15, 0.2) is 30.0 Å². The summed E-state index contributed by atoms with van der Waals surface area (Å²) in [6, 6.07) is 6.92. The number of methoxy groups -OCH3 is 2. The summed E-state index contributed by atoms with van der Waals surface area (Å²) in [5, 5.41) is 12.1. The summed E-state index contributed by atoms with van der Waals surface area (Å²) in [5.41, 5.74) is -0.204. The van der Waals surface area contributed by atoms with Gasteiger partial charge in [0, 0.05) is 38.4 Å². The quantitative estimate of drug-likeness (QED) is 0.581. The SMILES string of the molecule is COc1ccc(OC)c(NC(=O)/C(C#N)=C\N2CCN(C(=O)OC(C)(C)C)CC2)c1. The molecule has 1 fully saturated rings. The summed E-state index contributed by atoms with van der Waals surface area (Å²) in [5.74, 6) is 0.442. The van der Waals surface area contributed by atoms with Crippen LogP contribution in [-0.4, -0.2) is 67.8 Å². The van der Waals surface area contributed by atoms with E-state index in [2.05, 4.69) is 5.32 Å². The molecule has 1 aliphatic heterocycles. The van der Waals surface area contributed by atoms with E-state index in [1.807, 2.05) is 31.7 Å². The number of rotatable bonds is 5. The van der Waals surface area contributed by atoms with E-state index in [9.17, 15) is 14.9 Å². The Hall–Kier alpha value is -3.41. The van der Waals surface area contributed by atoms with Crippen LogP contribution >= 0.6 is 0 Å². The van der Waals surface area contributed by atoms with E-state index in [1.165, 1.54) is 20.4 Å². The Morgan fingerprint density at radius 1 is 1.13 bits per heavy atom. The fourth-order valence-corrected chi connectivity index (χ4v) is 2.78. The lowest BCUT2D eigenvalue weighted by atomic mass is 10.2. The number of ether oxygens (including phenoxy) is 3. The van der Waals surface area contributed by atoms with Crippen LogP contribution in [0.2, 0.25) is 0 Å². The first kappa shape index (κ1) is 22.9. The number of benzene rings is 1. The van der Waals surface area contributed by atoms with Gasteiger partial charge in [0.1, 0.15) is 28.7 Å². The molecule has 0 spiro atoms. The van der Waals surface area contributed by atoms with Crippen molar-refractivity contribution in [2.75, 3.05) is 45.7 Å². The lowest BCUT2D eigenvalue weighted by Crippen LogP contribution is -2.48. The van der Waals surface area contributed by atoms with Gasteiger partial charge in [0.05, 0.1) is 19.9 Å². The van der Waals surface area contributed by atoms with Crippen molar-refractivity contribution in [1.29, 1.82) is 5.26 Å². The van der Waals surface area contributed by atoms with Gasteiger partial charge in [-0.1, -0.05) is 0 Å². The molecule has 1 heterocycles. The Kier molecular flexibility index (Phi) is 7.53. The van der Waals surface area contributed by atoms with Crippen molar-refractivity contribution in [3.63, 3.8) is 0 Å². The summed E-state index contributed by atoms with van der Waals surface area (Å²) < 4.78 is 15.8. The molecule has 1 aromatic rings. The van der Waals surface area contributed by atoms with Crippen LogP contribution in [0.5, 0.6) is 11.5 Å². The van der Waals surface area contributed by atoms with Gasteiger partial charge in [0.25, 0.3) is 5.91 Å². The molecule has 162 valence electrons. The van der Waals surface area contributed by atoms with Crippen molar-refractivity contribution in [3.8, 4) is 17.6 Å². The highest BCUT2D eigenvalue weighted by Crippen LogP contribution is 2.29. The van der Waals surface area contributed by atoms with Gasteiger partial charge in [0.2, 0.25) is 0 Å². The number of amides is 2. The molecule has 2 amide bonds. The smallest absolute Gasteiger partial charge is 0.410 e. The predicted molar refractivity (Wildman–Crippen MR) is 111 cm³/mol. The number of anilines is 1. The van der Waals surface area contributed by atoms with E-state index >= 15 is 0 Å². The predicted octanol–water partition coefficient (Wildman–Crippen LogP) is 2.60. The number of carbonyl (C=O) groups excluding carboxylic acids is 2. The minimum absolute atomic E-state index is 0.0504. The summed E-state index contributed by atoms with van der Waals surface area (Å²) >= 11 is 0. The number of nitrogens with zero attached hydrogens (tertiary/aromatic N) is 3. The third kappa shape index (κ3) is 6.30. The van der Waals surface area contributed by atoms with Gasteiger partial charge in [-0.05, 0) is 32.9 Å². The van der Waals surface area contributed by atoms with E-state index in [1.54, 1.807) is 23.1 Å². The van der Waals surface area contributed by atoms with Gasteiger partial charge < -0.3 is 29.3 Å². The fourth-order valence-electron chi connectivity index (χ4n) is 2.78. The van der Waals surface area contributed by atoms with Crippen molar-refractivity contribution in [2.45, 2.75) is 26.4 Å². The molecule has 1 aliphatic rings. The molecule has 0 saturated carbocycles. The molecule has 30 heavy (non-hydrogen) atoms. The molecular formula is C21H28N4O5. The monoisotopic (exact) mass is 416 g/mol. The molecule has 0 aromatic heterocycles. The van der Waals surface area contributed by atoms with Crippen LogP contribution in [0, 0.1) is 11.3 Å². The molecule has 0 radical (unpaired) electrons. The second-order valence-corrected chi connectivity index (χ2v) is 7.68. The van der Waals surface area contributed by atoms with E-state index < -0.39 is 11.5 Å². The highest BCUT2D eigenvalue weighted by atomic mass is 16.6. The molecule has 0 unspecified atom stereocenters. The third-order valence-corrected chi connectivity index (χ3v) is 4.30. The average Bonchev–Trinajstić information content (AvgIpc) is 2.70. The van der Waals surface area contributed by atoms with E-state index in [0.29, 0.717) is 43.4 Å². The molecule has 9 nitrogen and oxygen atoms in total. The summed E-state index contributed by atoms with van der Waals surface area (Å²) in [4.78, 5) is 28.2. The number of nitriles is 1. The van der Waals surface area contributed by atoms with E-state index in [4.69, 9.17) is 14.2 Å². The maximum Gasteiger partial charge on any atom is 0.410 e.